The number of halogens is 1. The van der Waals surface area contributed by atoms with Gasteiger partial charge < -0.3 is 9.88 Å². The van der Waals surface area contributed by atoms with Crippen molar-refractivity contribution in [3.63, 3.8) is 0 Å². The number of aromatic nitrogens is 5. The van der Waals surface area contributed by atoms with Gasteiger partial charge in [-0.25, -0.2) is 4.79 Å². The van der Waals surface area contributed by atoms with Gasteiger partial charge in [-0.05, 0) is 32.0 Å². The molecule has 28 heavy (non-hydrogen) atoms. The minimum atomic E-state index is -0.387. The molecular formula is C19H21ClN6O2. The van der Waals surface area contributed by atoms with Crippen LogP contribution in [0.3, 0.4) is 0 Å². The smallest absolute Gasteiger partial charge is 0.332 e. The van der Waals surface area contributed by atoms with Crippen LogP contribution in [0.15, 0.2) is 33.9 Å². The number of anilines is 1. The van der Waals surface area contributed by atoms with E-state index in [4.69, 9.17) is 11.6 Å². The van der Waals surface area contributed by atoms with E-state index < -0.39 is 0 Å². The lowest BCUT2D eigenvalue weighted by Crippen LogP contribution is -2.37. The van der Waals surface area contributed by atoms with Crippen LogP contribution < -0.4 is 16.6 Å². The van der Waals surface area contributed by atoms with Crippen molar-refractivity contribution in [1.82, 2.24) is 23.1 Å². The maximum atomic E-state index is 12.7. The minimum Gasteiger partial charge on any atom is -0.383 e. The second-order valence-corrected chi connectivity index (χ2v) is 7.32. The van der Waals surface area contributed by atoms with Gasteiger partial charge in [0.15, 0.2) is 11.2 Å². The molecule has 3 heterocycles. The number of aryl methyl sites for hydroxylation is 2. The number of hydrogen-bond donors (Lipinski definition) is 1. The highest BCUT2D eigenvalue weighted by Gasteiger charge is 2.21. The Kier molecular flexibility index (Phi) is 4.30. The second kappa shape index (κ2) is 6.56. The zero-order valence-corrected chi connectivity index (χ0v) is 16.9. The first-order valence-electron chi connectivity index (χ1n) is 8.94. The van der Waals surface area contributed by atoms with Crippen LogP contribution in [-0.4, -0.2) is 29.6 Å². The molecule has 1 aromatic carbocycles. The summed E-state index contributed by atoms with van der Waals surface area (Å²) >= 11 is 6.03. The fourth-order valence-corrected chi connectivity index (χ4v) is 3.76. The van der Waals surface area contributed by atoms with Gasteiger partial charge in [-0.15, -0.1) is 0 Å². The molecule has 0 fully saturated rings. The molecule has 0 unspecified atom stereocenters. The summed E-state index contributed by atoms with van der Waals surface area (Å²) in [5.41, 5.74) is 2.97. The van der Waals surface area contributed by atoms with Crippen LogP contribution in [0.25, 0.3) is 16.9 Å². The average Bonchev–Trinajstić information content (AvgIpc) is 3.16. The van der Waals surface area contributed by atoms with Crippen molar-refractivity contribution in [1.29, 1.82) is 0 Å². The topological polar surface area (TPSA) is 78.3 Å². The van der Waals surface area contributed by atoms with Crippen LogP contribution in [0.2, 0.25) is 5.02 Å². The molecule has 0 aliphatic carbocycles. The highest BCUT2D eigenvalue weighted by Crippen LogP contribution is 2.21. The summed E-state index contributed by atoms with van der Waals surface area (Å²) in [6, 6.07) is 7.55. The van der Waals surface area contributed by atoms with E-state index in [-0.39, 0.29) is 11.2 Å². The lowest BCUT2D eigenvalue weighted by atomic mass is 10.3. The van der Waals surface area contributed by atoms with Crippen molar-refractivity contribution in [2.45, 2.75) is 20.4 Å². The molecule has 1 N–H and O–H groups in total. The molecule has 0 aliphatic heterocycles. The average molecular weight is 401 g/mol. The van der Waals surface area contributed by atoms with Crippen LogP contribution in [0.4, 0.5) is 5.69 Å². The van der Waals surface area contributed by atoms with Crippen molar-refractivity contribution >= 4 is 34.2 Å². The molecule has 0 bridgehead atoms. The fourth-order valence-electron chi connectivity index (χ4n) is 3.57. The maximum Gasteiger partial charge on any atom is 0.332 e. The standard InChI is InChI=1S/C19H21ClN6O2/c1-11-12(2)26-15-16(23(3)19(28)24(4)17(15)27)22-18(26)25(11)9-8-21-14-7-5-6-13(20)10-14/h5-7,10,21H,8-9H2,1-4H3. The van der Waals surface area contributed by atoms with Crippen molar-refractivity contribution in [2.24, 2.45) is 14.1 Å². The van der Waals surface area contributed by atoms with Crippen LogP contribution >= 0.6 is 11.6 Å². The Morgan fingerprint density at radius 3 is 2.57 bits per heavy atom. The molecule has 0 radical (unpaired) electrons. The summed E-state index contributed by atoms with van der Waals surface area (Å²) in [6.45, 7) is 5.26. The Morgan fingerprint density at radius 1 is 1.11 bits per heavy atom. The van der Waals surface area contributed by atoms with E-state index in [1.165, 1.54) is 11.6 Å². The van der Waals surface area contributed by atoms with Gasteiger partial charge in [-0.2, -0.15) is 4.98 Å². The van der Waals surface area contributed by atoms with Crippen molar-refractivity contribution in [3.05, 3.63) is 61.5 Å². The number of nitrogens with zero attached hydrogens (tertiary/aromatic N) is 5. The molecule has 3 aromatic heterocycles. The number of nitrogens with one attached hydrogen (secondary N) is 1. The molecule has 0 aliphatic rings. The Balaban J connectivity index is 1.80. The first kappa shape index (κ1) is 18.4. The van der Waals surface area contributed by atoms with E-state index in [0.717, 1.165) is 21.6 Å². The van der Waals surface area contributed by atoms with Crippen LogP contribution in [0.1, 0.15) is 11.4 Å². The van der Waals surface area contributed by atoms with Gasteiger partial charge in [0, 0.05) is 49.3 Å². The van der Waals surface area contributed by atoms with Crippen LogP contribution in [0, 0.1) is 13.8 Å². The first-order chi connectivity index (χ1) is 13.3. The van der Waals surface area contributed by atoms with E-state index in [1.54, 1.807) is 7.05 Å². The molecule has 0 saturated carbocycles. The third-order valence-corrected chi connectivity index (χ3v) is 5.47. The summed E-state index contributed by atoms with van der Waals surface area (Å²) in [5, 5.41) is 4.02. The predicted octanol–water partition coefficient (Wildman–Crippen LogP) is 2.07. The third kappa shape index (κ3) is 2.63. The van der Waals surface area contributed by atoms with E-state index in [9.17, 15) is 9.59 Å². The van der Waals surface area contributed by atoms with E-state index >= 15 is 0 Å². The summed E-state index contributed by atoms with van der Waals surface area (Å²) in [4.78, 5) is 29.6. The molecule has 0 atom stereocenters. The molecular weight excluding hydrogens is 380 g/mol. The van der Waals surface area contributed by atoms with Gasteiger partial charge in [0.25, 0.3) is 5.56 Å². The molecule has 146 valence electrons. The molecule has 9 heteroatoms. The second-order valence-electron chi connectivity index (χ2n) is 6.88. The Bertz CT molecular complexity index is 1340. The maximum absolute atomic E-state index is 12.7. The largest absolute Gasteiger partial charge is 0.383 e. The van der Waals surface area contributed by atoms with Gasteiger partial charge in [0.1, 0.15) is 0 Å². The third-order valence-electron chi connectivity index (χ3n) is 5.23. The number of benzene rings is 1. The van der Waals surface area contributed by atoms with Crippen LogP contribution in [-0.2, 0) is 20.6 Å². The molecule has 0 amide bonds. The van der Waals surface area contributed by atoms with Gasteiger partial charge in [-0.3, -0.25) is 18.3 Å². The molecule has 4 rings (SSSR count). The Labute approximate surface area is 165 Å². The van der Waals surface area contributed by atoms with E-state index in [2.05, 4.69) is 14.9 Å². The normalized spacial score (nSPS) is 11.6. The van der Waals surface area contributed by atoms with Gasteiger partial charge in [-0.1, -0.05) is 17.7 Å². The summed E-state index contributed by atoms with van der Waals surface area (Å²) < 4.78 is 6.42. The summed E-state index contributed by atoms with van der Waals surface area (Å²) in [6.07, 6.45) is 0. The highest BCUT2D eigenvalue weighted by atomic mass is 35.5. The molecule has 8 nitrogen and oxygen atoms in total. The molecule has 0 saturated heterocycles. The number of hydrogen-bond acceptors (Lipinski definition) is 4. The predicted molar refractivity (Wildman–Crippen MR) is 111 cm³/mol. The SMILES string of the molecule is Cc1c(C)n2c3c(=O)n(C)c(=O)n(C)c3nc2n1CCNc1cccc(Cl)c1. The minimum absolute atomic E-state index is 0.345. The Morgan fingerprint density at radius 2 is 1.86 bits per heavy atom. The lowest BCUT2D eigenvalue weighted by Gasteiger charge is -2.09. The zero-order chi connectivity index (χ0) is 20.2. The monoisotopic (exact) mass is 400 g/mol. The number of imidazole rings is 2. The number of fused-ring (bicyclic) bond motifs is 3. The summed E-state index contributed by atoms with van der Waals surface area (Å²) in [5.74, 6) is 0.649. The van der Waals surface area contributed by atoms with Crippen molar-refractivity contribution in [3.8, 4) is 0 Å². The highest BCUT2D eigenvalue weighted by molar-refractivity contribution is 6.30. The van der Waals surface area contributed by atoms with Crippen LogP contribution in [0.5, 0.6) is 0 Å². The lowest BCUT2D eigenvalue weighted by molar-refractivity contribution is 0.705. The van der Waals surface area contributed by atoms with Gasteiger partial charge >= 0.3 is 5.69 Å². The zero-order valence-electron chi connectivity index (χ0n) is 16.2. The first-order valence-corrected chi connectivity index (χ1v) is 9.32. The van der Waals surface area contributed by atoms with E-state index in [0.29, 0.717) is 35.1 Å². The fraction of sp³-hybridized carbons (Fsp3) is 0.316. The van der Waals surface area contributed by atoms with Crippen molar-refractivity contribution in [2.75, 3.05) is 11.9 Å². The quantitative estimate of drug-likeness (QED) is 0.568. The summed E-state index contributed by atoms with van der Waals surface area (Å²) in [7, 11) is 3.11. The molecule has 4 aromatic rings. The van der Waals surface area contributed by atoms with Gasteiger partial charge in [0.05, 0.1) is 0 Å². The van der Waals surface area contributed by atoms with Gasteiger partial charge in [0.2, 0.25) is 5.78 Å². The molecule has 0 spiro atoms. The van der Waals surface area contributed by atoms with Crippen molar-refractivity contribution < 1.29 is 0 Å². The van der Waals surface area contributed by atoms with E-state index in [1.807, 2.05) is 42.5 Å². The Hall–Kier alpha value is -3.00. The number of rotatable bonds is 4.